The largest absolute Gasteiger partial charge is 0.461 e. The van der Waals surface area contributed by atoms with Gasteiger partial charge in [-0.25, -0.2) is 9.97 Å². The lowest BCUT2D eigenvalue weighted by Gasteiger charge is -2.13. The molecule has 0 saturated heterocycles. The van der Waals surface area contributed by atoms with Crippen molar-refractivity contribution < 1.29 is 4.42 Å². The number of fused-ring (bicyclic) bond motifs is 3. The van der Waals surface area contributed by atoms with E-state index in [2.05, 4.69) is 15.1 Å². The molecule has 0 aliphatic rings. The van der Waals surface area contributed by atoms with Crippen LogP contribution in [0.5, 0.6) is 0 Å². The van der Waals surface area contributed by atoms with E-state index in [-0.39, 0.29) is 0 Å². The van der Waals surface area contributed by atoms with Crippen LogP contribution >= 0.6 is 11.6 Å². The van der Waals surface area contributed by atoms with Crippen molar-refractivity contribution in [2.45, 2.75) is 0 Å². The lowest BCUT2D eigenvalue weighted by Crippen LogP contribution is -2.16. The highest BCUT2D eigenvalue weighted by atomic mass is 35.5. The third kappa shape index (κ3) is 1.92. The van der Waals surface area contributed by atoms with Gasteiger partial charge in [0.15, 0.2) is 11.4 Å². The molecule has 110 valence electrons. The minimum atomic E-state index is 0.516. The van der Waals surface area contributed by atoms with E-state index in [1.807, 2.05) is 43.3 Å². The Hall–Kier alpha value is -2.60. The molecule has 0 radical (unpaired) electrons. The van der Waals surface area contributed by atoms with Gasteiger partial charge in [-0.05, 0) is 30.3 Å². The maximum Gasteiger partial charge on any atom is 0.228 e. The minimum absolute atomic E-state index is 0.516. The fourth-order valence-electron chi connectivity index (χ4n) is 2.37. The van der Waals surface area contributed by atoms with E-state index >= 15 is 0 Å². The van der Waals surface area contributed by atoms with Crippen molar-refractivity contribution in [1.29, 1.82) is 0 Å². The van der Waals surface area contributed by atoms with Gasteiger partial charge in [-0.1, -0.05) is 11.6 Å². The molecular formula is C15H12ClN5O. The Kier molecular flexibility index (Phi) is 2.80. The topological polar surface area (TPSA) is 59.5 Å². The molecule has 3 heterocycles. The number of hydrogen-bond donors (Lipinski definition) is 0. The highest BCUT2D eigenvalue weighted by Gasteiger charge is 2.16. The maximum absolute atomic E-state index is 6.11. The first-order valence-electron chi connectivity index (χ1n) is 6.71. The van der Waals surface area contributed by atoms with Crippen molar-refractivity contribution in [1.82, 2.24) is 19.6 Å². The van der Waals surface area contributed by atoms with E-state index in [1.54, 1.807) is 16.8 Å². The zero-order valence-electron chi connectivity index (χ0n) is 12.0. The Morgan fingerprint density at radius 2 is 2.05 bits per heavy atom. The first-order valence-corrected chi connectivity index (χ1v) is 7.08. The average Bonchev–Trinajstić information content (AvgIpc) is 3.15. The Labute approximate surface area is 131 Å². The van der Waals surface area contributed by atoms with Crippen LogP contribution < -0.4 is 4.90 Å². The van der Waals surface area contributed by atoms with Crippen LogP contribution in [0.1, 0.15) is 0 Å². The van der Waals surface area contributed by atoms with Crippen molar-refractivity contribution in [2.75, 3.05) is 19.0 Å². The van der Waals surface area contributed by atoms with Gasteiger partial charge in [0.2, 0.25) is 11.8 Å². The summed E-state index contributed by atoms with van der Waals surface area (Å²) in [6, 6.07) is 9.18. The fraction of sp³-hybridized carbons (Fsp3) is 0.133. The van der Waals surface area contributed by atoms with Gasteiger partial charge in [0.05, 0.1) is 11.8 Å². The summed E-state index contributed by atoms with van der Waals surface area (Å²) in [5, 5.41) is 6.01. The van der Waals surface area contributed by atoms with E-state index in [0.717, 1.165) is 10.9 Å². The van der Waals surface area contributed by atoms with Gasteiger partial charge in [-0.2, -0.15) is 4.52 Å². The summed E-state index contributed by atoms with van der Waals surface area (Å²) < 4.78 is 7.09. The lowest BCUT2D eigenvalue weighted by atomic mass is 10.2. The molecule has 7 heteroatoms. The van der Waals surface area contributed by atoms with Crippen LogP contribution in [-0.4, -0.2) is 33.7 Å². The molecule has 1 aromatic carbocycles. The predicted octanol–water partition coefficient (Wildman–Crippen LogP) is 3.26. The van der Waals surface area contributed by atoms with Crippen molar-refractivity contribution in [3.8, 4) is 11.6 Å². The van der Waals surface area contributed by atoms with Gasteiger partial charge < -0.3 is 9.32 Å². The Bertz CT molecular complexity index is 975. The third-order valence-corrected chi connectivity index (χ3v) is 3.59. The molecule has 4 aromatic rings. The Balaban J connectivity index is 2.12. The number of nitrogens with zero attached hydrogens (tertiary/aromatic N) is 5. The molecule has 0 aliphatic carbocycles. The number of furan rings is 1. The van der Waals surface area contributed by atoms with Crippen molar-refractivity contribution in [3.63, 3.8) is 0 Å². The van der Waals surface area contributed by atoms with E-state index in [9.17, 15) is 0 Å². The van der Waals surface area contributed by atoms with Crippen LogP contribution in [0.25, 0.3) is 28.1 Å². The Morgan fingerprint density at radius 1 is 1.18 bits per heavy atom. The van der Waals surface area contributed by atoms with Crippen molar-refractivity contribution in [2.24, 2.45) is 0 Å². The fourth-order valence-corrected chi connectivity index (χ4v) is 2.54. The second-order valence-electron chi connectivity index (χ2n) is 5.12. The predicted molar refractivity (Wildman–Crippen MR) is 85.3 cm³/mol. The van der Waals surface area contributed by atoms with Crippen LogP contribution in [0, 0.1) is 0 Å². The summed E-state index contributed by atoms with van der Waals surface area (Å²) in [5.74, 6) is 1.82. The zero-order chi connectivity index (χ0) is 15.3. The van der Waals surface area contributed by atoms with Crippen LogP contribution in [0.2, 0.25) is 5.02 Å². The summed E-state index contributed by atoms with van der Waals surface area (Å²) in [6.07, 6.45) is 1.60. The van der Waals surface area contributed by atoms with Gasteiger partial charge in [0, 0.05) is 24.5 Å². The molecule has 0 aliphatic heterocycles. The molecule has 6 nitrogen and oxygen atoms in total. The number of anilines is 1. The quantitative estimate of drug-likeness (QED) is 0.568. The Morgan fingerprint density at radius 3 is 2.77 bits per heavy atom. The molecule has 0 fully saturated rings. The smallest absolute Gasteiger partial charge is 0.228 e. The highest BCUT2D eigenvalue weighted by Crippen LogP contribution is 2.27. The monoisotopic (exact) mass is 313 g/mol. The summed E-state index contributed by atoms with van der Waals surface area (Å²) >= 11 is 6.11. The summed E-state index contributed by atoms with van der Waals surface area (Å²) in [4.78, 5) is 11.1. The molecule has 22 heavy (non-hydrogen) atoms. The van der Waals surface area contributed by atoms with Crippen LogP contribution in [-0.2, 0) is 0 Å². The standard InChI is InChI=1S/C15H12ClN5O/c1-20(2)15-17-11-6-5-9(16)8-10(11)14-18-13(19-21(14)15)12-4-3-7-22-12/h3-8H,1-2H3. The molecule has 0 unspecified atom stereocenters. The van der Waals surface area contributed by atoms with Crippen LogP contribution in [0.3, 0.4) is 0 Å². The molecule has 4 rings (SSSR count). The molecular weight excluding hydrogens is 302 g/mol. The van der Waals surface area contributed by atoms with Gasteiger partial charge in [0.1, 0.15) is 0 Å². The van der Waals surface area contributed by atoms with Crippen LogP contribution in [0.15, 0.2) is 41.0 Å². The van der Waals surface area contributed by atoms with Gasteiger partial charge in [-0.15, -0.1) is 5.10 Å². The maximum atomic E-state index is 6.11. The highest BCUT2D eigenvalue weighted by molar-refractivity contribution is 6.31. The normalized spacial score (nSPS) is 11.4. The van der Waals surface area contributed by atoms with E-state index in [0.29, 0.717) is 28.2 Å². The summed E-state index contributed by atoms with van der Waals surface area (Å²) in [5.41, 5.74) is 1.52. The third-order valence-electron chi connectivity index (χ3n) is 3.36. The minimum Gasteiger partial charge on any atom is -0.461 e. The average molecular weight is 314 g/mol. The zero-order valence-corrected chi connectivity index (χ0v) is 12.7. The van der Waals surface area contributed by atoms with E-state index < -0.39 is 0 Å². The second kappa shape index (κ2) is 4.71. The number of halogens is 1. The first kappa shape index (κ1) is 13.1. The number of benzene rings is 1. The molecule has 0 bridgehead atoms. The van der Waals surface area contributed by atoms with Gasteiger partial charge in [0.25, 0.3) is 0 Å². The summed E-state index contributed by atoms with van der Waals surface area (Å²) in [7, 11) is 3.83. The molecule has 0 saturated carbocycles. The van der Waals surface area contributed by atoms with Gasteiger partial charge in [-0.3, -0.25) is 0 Å². The first-order chi connectivity index (χ1) is 10.6. The number of hydrogen-bond acceptors (Lipinski definition) is 5. The number of rotatable bonds is 2. The van der Waals surface area contributed by atoms with Crippen LogP contribution in [0.4, 0.5) is 5.95 Å². The summed E-state index contributed by atoms with van der Waals surface area (Å²) in [6.45, 7) is 0. The lowest BCUT2D eigenvalue weighted by molar-refractivity contribution is 0.577. The molecule has 0 atom stereocenters. The molecule has 0 amide bonds. The SMILES string of the molecule is CN(C)c1nc2ccc(Cl)cc2c2nc(-c3ccco3)nn12. The number of aromatic nitrogens is 4. The second-order valence-corrected chi connectivity index (χ2v) is 5.55. The van der Waals surface area contributed by atoms with Crippen molar-refractivity contribution in [3.05, 3.63) is 41.6 Å². The van der Waals surface area contributed by atoms with Gasteiger partial charge >= 0.3 is 0 Å². The molecule has 0 N–H and O–H groups in total. The van der Waals surface area contributed by atoms with E-state index in [1.165, 1.54) is 0 Å². The molecule has 3 aromatic heterocycles. The van der Waals surface area contributed by atoms with Crippen molar-refractivity contribution >= 4 is 34.1 Å². The van der Waals surface area contributed by atoms with E-state index in [4.69, 9.17) is 16.0 Å². The molecule has 0 spiro atoms.